The number of nitrogens with zero attached hydrogens (tertiary/aromatic N) is 1. The molecule has 2 amide bonds. The van der Waals surface area contributed by atoms with Crippen molar-refractivity contribution in [3.8, 4) is 5.75 Å². The van der Waals surface area contributed by atoms with Crippen molar-refractivity contribution in [1.29, 1.82) is 0 Å². The Morgan fingerprint density at radius 2 is 1.84 bits per heavy atom. The second-order valence-electron chi connectivity index (χ2n) is 11.6. The number of carbonyl (C=O) groups excluding carboxylic acids is 2. The fourth-order valence-electron chi connectivity index (χ4n) is 5.11. The van der Waals surface area contributed by atoms with Gasteiger partial charge in [-0.25, -0.2) is 12.8 Å². The van der Waals surface area contributed by atoms with Gasteiger partial charge in [-0.2, -0.15) is 4.31 Å². The van der Waals surface area contributed by atoms with E-state index in [1.54, 1.807) is 19.2 Å². The highest BCUT2D eigenvalue weighted by molar-refractivity contribution is 7.89. The molecule has 13 heteroatoms. The lowest BCUT2D eigenvalue weighted by molar-refractivity contribution is -0.258. The highest BCUT2D eigenvalue weighted by atomic mass is 32.2. The standard InChI is InChI=1S/C30H40FN3O8S/c1-30(2)19-41-29(21-7-9-23(40-3)10-8-21)42-26(30)28(37)32-14-11-25(35)27(36)33-18-20-12-15-34(16-13-20)43(38,39)24-6-4-5-22(31)17-24/h4-10,17,20,25-26,29,35H,11-16,18-19H2,1-3H3,(H,32,37)(H,33,36). The van der Waals surface area contributed by atoms with Gasteiger partial charge in [0, 0.05) is 37.2 Å². The molecule has 43 heavy (non-hydrogen) atoms. The maximum atomic E-state index is 13.5. The van der Waals surface area contributed by atoms with Gasteiger partial charge in [-0.05, 0) is 55.5 Å². The summed E-state index contributed by atoms with van der Waals surface area (Å²) in [4.78, 5) is 25.4. The quantitative estimate of drug-likeness (QED) is 0.347. The van der Waals surface area contributed by atoms with E-state index in [-0.39, 0.29) is 49.3 Å². The Hall–Kier alpha value is -3.10. The van der Waals surface area contributed by atoms with Crippen LogP contribution < -0.4 is 15.4 Å². The number of sulfonamides is 1. The van der Waals surface area contributed by atoms with Crippen LogP contribution in [0.5, 0.6) is 5.75 Å². The van der Waals surface area contributed by atoms with Gasteiger partial charge in [0.2, 0.25) is 21.8 Å². The maximum Gasteiger partial charge on any atom is 0.249 e. The molecule has 2 aromatic rings. The summed E-state index contributed by atoms with van der Waals surface area (Å²) in [5, 5.41) is 15.8. The van der Waals surface area contributed by atoms with Crippen molar-refractivity contribution in [2.75, 3.05) is 39.9 Å². The van der Waals surface area contributed by atoms with E-state index in [0.29, 0.717) is 25.2 Å². The van der Waals surface area contributed by atoms with Gasteiger partial charge in [0.05, 0.1) is 18.6 Å². The zero-order valence-electron chi connectivity index (χ0n) is 24.6. The Morgan fingerprint density at radius 3 is 2.49 bits per heavy atom. The van der Waals surface area contributed by atoms with E-state index in [1.165, 1.54) is 22.5 Å². The number of carbonyl (C=O) groups is 2. The fraction of sp³-hybridized carbons (Fsp3) is 0.533. The van der Waals surface area contributed by atoms with Gasteiger partial charge >= 0.3 is 0 Å². The van der Waals surface area contributed by atoms with Gasteiger partial charge in [0.15, 0.2) is 6.29 Å². The number of rotatable bonds is 11. The average molecular weight is 622 g/mol. The number of aliphatic hydroxyl groups excluding tert-OH is 1. The molecule has 236 valence electrons. The molecule has 11 nitrogen and oxygen atoms in total. The molecule has 0 spiro atoms. The van der Waals surface area contributed by atoms with E-state index >= 15 is 0 Å². The zero-order chi connectivity index (χ0) is 31.2. The van der Waals surface area contributed by atoms with Crippen molar-refractivity contribution >= 4 is 21.8 Å². The van der Waals surface area contributed by atoms with Crippen LogP contribution in [0.2, 0.25) is 0 Å². The number of methoxy groups -OCH3 is 1. The van der Waals surface area contributed by atoms with E-state index in [9.17, 15) is 27.5 Å². The highest BCUT2D eigenvalue weighted by Crippen LogP contribution is 2.37. The van der Waals surface area contributed by atoms with E-state index in [0.717, 1.165) is 11.6 Å². The van der Waals surface area contributed by atoms with Crippen LogP contribution >= 0.6 is 0 Å². The topological polar surface area (TPSA) is 144 Å². The van der Waals surface area contributed by atoms with Gasteiger partial charge in [-0.1, -0.05) is 32.0 Å². The second-order valence-corrected chi connectivity index (χ2v) is 13.5. The molecular weight excluding hydrogens is 581 g/mol. The zero-order valence-corrected chi connectivity index (χ0v) is 25.4. The normalized spacial score (nSPS) is 22.0. The smallest absolute Gasteiger partial charge is 0.249 e. The molecule has 3 N–H and O–H groups in total. The summed E-state index contributed by atoms with van der Waals surface area (Å²) in [5.41, 5.74) is 0.148. The number of halogens is 1. The Kier molecular flexibility index (Phi) is 10.8. The van der Waals surface area contributed by atoms with Crippen LogP contribution in [0, 0.1) is 17.2 Å². The lowest BCUT2D eigenvalue weighted by Gasteiger charge is -2.41. The van der Waals surface area contributed by atoms with E-state index in [1.807, 2.05) is 26.0 Å². The molecule has 0 radical (unpaired) electrons. The Bertz CT molecular complexity index is 1360. The number of nitrogens with one attached hydrogen (secondary N) is 2. The van der Waals surface area contributed by atoms with Gasteiger partial charge < -0.3 is 30.0 Å². The SMILES string of the molecule is COc1ccc(C2OCC(C)(C)C(C(=O)NCCC(O)C(=O)NCC3CCN(S(=O)(=O)c4cccc(F)c4)CC3)O2)cc1. The maximum absolute atomic E-state index is 13.5. The van der Waals surface area contributed by atoms with Crippen molar-refractivity contribution < 1.29 is 41.7 Å². The number of piperidine rings is 1. The fourth-order valence-corrected chi connectivity index (χ4v) is 6.62. The van der Waals surface area contributed by atoms with Crippen LogP contribution in [0.15, 0.2) is 53.4 Å². The van der Waals surface area contributed by atoms with Crippen molar-refractivity contribution in [3.05, 3.63) is 59.9 Å². The third-order valence-electron chi connectivity index (χ3n) is 7.79. The molecule has 4 rings (SSSR count). The number of aliphatic hydroxyl groups is 1. The Morgan fingerprint density at radius 1 is 1.14 bits per heavy atom. The molecular formula is C30H40FN3O8S. The van der Waals surface area contributed by atoms with Crippen molar-refractivity contribution in [3.63, 3.8) is 0 Å². The summed E-state index contributed by atoms with van der Waals surface area (Å²) in [6.07, 6.45) is -1.83. The molecule has 3 unspecified atom stereocenters. The first-order chi connectivity index (χ1) is 20.4. The number of hydrogen-bond acceptors (Lipinski definition) is 8. The lowest BCUT2D eigenvalue weighted by atomic mass is 9.85. The minimum atomic E-state index is -3.79. The van der Waals surface area contributed by atoms with Gasteiger partial charge in [-0.15, -0.1) is 0 Å². The molecule has 0 bridgehead atoms. The number of hydrogen-bond donors (Lipinski definition) is 3. The molecule has 3 atom stereocenters. The molecule has 2 fully saturated rings. The molecule has 2 aliphatic heterocycles. The molecule has 0 saturated carbocycles. The van der Waals surface area contributed by atoms with Crippen LogP contribution in [0.1, 0.15) is 45.0 Å². The summed E-state index contributed by atoms with van der Waals surface area (Å²) in [7, 11) is -2.22. The molecule has 0 aromatic heterocycles. The van der Waals surface area contributed by atoms with Gasteiger partial charge in [-0.3, -0.25) is 9.59 Å². The summed E-state index contributed by atoms with van der Waals surface area (Å²) in [6, 6.07) is 12.1. The monoisotopic (exact) mass is 621 g/mol. The van der Waals surface area contributed by atoms with Crippen LogP contribution in [-0.2, 0) is 29.1 Å². The minimum Gasteiger partial charge on any atom is -0.497 e. The third kappa shape index (κ3) is 8.30. The van der Waals surface area contributed by atoms with E-state index in [2.05, 4.69) is 10.6 Å². The minimum absolute atomic E-state index is 0.00739. The van der Waals surface area contributed by atoms with Crippen molar-refractivity contribution in [1.82, 2.24) is 14.9 Å². The van der Waals surface area contributed by atoms with Crippen molar-refractivity contribution in [2.24, 2.45) is 11.3 Å². The average Bonchev–Trinajstić information content (AvgIpc) is 3.00. The molecule has 2 aromatic carbocycles. The van der Waals surface area contributed by atoms with Crippen molar-refractivity contribution in [2.45, 2.75) is 56.5 Å². The van der Waals surface area contributed by atoms with Crippen LogP contribution in [0.4, 0.5) is 4.39 Å². The van der Waals surface area contributed by atoms with Crippen LogP contribution in [-0.4, -0.2) is 81.7 Å². The predicted octanol–water partition coefficient (Wildman–Crippen LogP) is 2.36. The Labute approximate surface area is 251 Å². The first-order valence-electron chi connectivity index (χ1n) is 14.3. The molecule has 2 aliphatic rings. The molecule has 2 heterocycles. The highest BCUT2D eigenvalue weighted by Gasteiger charge is 2.43. The first kappa shape index (κ1) is 32.8. The second kappa shape index (κ2) is 14.1. The molecule has 2 saturated heterocycles. The largest absolute Gasteiger partial charge is 0.497 e. The number of ether oxygens (including phenoxy) is 3. The summed E-state index contributed by atoms with van der Waals surface area (Å²) >= 11 is 0. The lowest BCUT2D eigenvalue weighted by Crippen LogP contribution is -2.52. The molecule has 0 aliphatic carbocycles. The number of benzene rings is 2. The van der Waals surface area contributed by atoms with Crippen LogP contribution in [0.25, 0.3) is 0 Å². The van der Waals surface area contributed by atoms with E-state index in [4.69, 9.17) is 14.2 Å². The Balaban J connectivity index is 1.18. The van der Waals surface area contributed by atoms with E-state index < -0.39 is 45.7 Å². The van der Waals surface area contributed by atoms with Gasteiger partial charge in [0.25, 0.3) is 0 Å². The summed E-state index contributed by atoms with van der Waals surface area (Å²) in [5.74, 6) is -0.821. The van der Waals surface area contributed by atoms with Crippen LogP contribution in [0.3, 0.4) is 0 Å². The summed E-state index contributed by atoms with van der Waals surface area (Å²) < 4.78 is 57.5. The summed E-state index contributed by atoms with van der Waals surface area (Å²) in [6.45, 7) is 4.87. The number of amides is 2. The third-order valence-corrected chi connectivity index (χ3v) is 9.69. The first-order valence-corrected chi connectivity index (χ1v) is 15.7. The predicted molar refractivity (Wildman–Crippen MR) is 155 cm³/mol. The van der Waals surface area contributed by atoms with Gasteiger partial charge in [0.1, 0.15) is 23.8 Å².